The molecule has 0 saturated heterocycles. The van der Waals surface area contributed by atoms with Gasteiger partial charge in [-0.25, -0.2) is 13.6 Å². The van der Waals surface area contributed by atoms with Crippen molar-refractivity contribution in [3.8, 4) is 0 Å². The Morgan fingerprint density at radius 1 is 1.20 bits per heavy atom. The summed E-state index contributed by atoms with van der Waals surface area (Å²) in [6.45, 7) is 0.265. The molecule has 0 unspecified atom stereocenters. The van der Waals surface area contributed by atoms with Gasteiger partial charge in [0, 0.05) is 11.7 Å². The summed E-state index contributed by atoms with van der Waals surface area (Å²) in [5.41, 5.74) is 0.552. The minimum absolute atomic E-state index is 0.0274. The minimum Gasteiger partial charge on any atom is -0.325 e. The molecule has 1 amide bonds. The Balaban J connectivity index is 1.84. The van der Waals surface area contributed by atoms with Crippen LogP contribution in [0, 0.1) is 0 Å². The van der Waals surface area contributed by atoms with Gasteiger partial charge >= 0.3 is 0 Å². The smallest absolute Gasteiger partial charge is 0.238 e. The maximum absolute atomic E-state index is 11.7. The molecule has 1 aliphatic rings. The van der Waals surface area contributed by atoms with Crippen LogP contribution in [0.1, 0.15) is 25.7 Å². The van der Waals surface area contributed by atoms with Crippen LogP contribution in [0.25, 0.3) is 0 Å². The molecule has 0 heterocycles. The molecular weight excluding hydrogens is 278 g/mol. The van der Waals surface area contributed by atoms with Crippen LogP contribution < -0.4 is 15.8 Å². The number of primary sulfonamides is 1. The first-order valence-electron chi connectivity index (χ1n) is 6.61. The van der Waals surface area contributed by atoms with E-state index in [1.165, 1.54) is 37.1 Å². The molecule has 2 rings (SSSR count). The van der Waals surface area contributed by atoms with E-state index in [1.54, 1.807) is 0 Å². The van der Waals surface area contributed by atoms with Crippen LogP contribution in [0.2, 0.25) is 0 Å². The highest BCUT2D eigenvalue weighted by Crippen LogP contribution is 2.17. The zero-order valence-electron chi connectivity index (χ0n) is 11.1. The molecule has 0 atom stereocenters. The number of carbonyl (C=O) groups excluding carboxylic acids is 1. The molecule has 0 radical (unpaired) electrons. The predicted octanol–water partition coefficient (Wildman–Crippen LogP) is 0.805. The normalized spacial score (nSPS) is 16.2. The second-order valence-electron chi connectivity index (χ2n) is 4.98. The first-order valence-corrected chi connectivity index (χ1v) is 8.16. The summed E-state index contributed by atoms with van der Waals surface area (Å²) in [7, 11) is -3.69. The van der Waals surface area contributed by atoms with Gasteiger partial charge in [0.2, 0.25) is 15.9 Å². The SMILES string of the molecule is NS(=O)(=O)c1ccc(NC(=O)CNC2CCCC2)cc1. The van der Waals surface area contributed by atoms with Gasteiger partial charge in [-0.05, 0) is 37.1 Å². The highest BCUT2D eigenvalue weighted by Gasteiger charge is 2.15. The van der Waals surface area contributed by atoms with Crippen molar-refractivity contribution in [3.05, 3.63) is 24.3 Å². The molecular formula is C13H19N3O3S. The van der Waals surface area contributed by atoms with Gasteiger partial charge in [-0.3, -0.25) is 4.79 Å². The molecule has 7 heteroatoms. The van der Waals surface area contributed by atoms with Crippen molar-refractivity contribution in [3.63, 3.8) is 0 Å². The lowest BCUT2D eigenvalue weighted by Gasteiger charge is -2.11. The molecule has 6 nitrogen and oxygen atoms in total. The van der Waals surface area contributed by atoms with Crippen molar-refractivity contribution < 1.29 is 13.2 Å². The van der Waals surface area contributed by atoms with Gasteiger partial charge in [-0.1, -0.05) is 12.8 Å². The Morgan fingerprint density at radius 2 is 1.80 bits per heavy atom. The average molecular weight is 297 g/mol. The molecule has 1 saturated carbocycles. The van der Waals surface area contributed by atoms with E-state index in [4.69, 9.17) is 5.14 Å². The quantitative estimate of drug-likeness (QED) is 0.748. The Hall–Kier alpha value is -1.44. The molecule has 0 aliphatic heterocycles. The topological polar surface area (TPSA) is 101 Å². The van der Waals surface area contributed by atoms with Gasteiger partial charge in [0.15, 0.2) is 0 Å². The molecule has 1 aliphatic carbocycles. The van der Waals surface area contributed by atoms with Gasteiger partial charge < -0.3 is 10.6 Å². The van der Waals surface area contributed by atoms with Crippen molar-refractivity contribution in [2.24, 2.45) is 5.14 Å². The number of amides is 1. The number of anilines is 1. The number of benzene rings is 1. The van der Waals surface area contributed by atoms with E-state index >= 15 is 0 Å². The highest BCUT2D eigenvalue weighted by atomic mass is 32.2. The van der Waals surface area contributed by atoms with Gasteiger partial charge in [-0.2, -0.15) is 0 Å². The number of nitrogens with two attached hydrogens (primary N) is 1. The highest BCUT2D eigenvalue weighted by molar-refractivity contribution is 7.89. The van der Waals surface area contributed by atoms with Crippen molar-refractivity contribution in [1.82, 2.24) is 5.32 Å². The first kappa shape index (κ1) is 15.0. The fourth-order valence-corrected chi connectivity index (χ4v) is 2.82. The molecule has 1 aromatic carbocycles. The van der Waals surface area contributed by atoms with Gasteiger partial charge in [0.25, 0.3) is 0 Å². The second kappa shape index (κ2) is 6.34. The van der Waals surface area contributed by atoms with Crippen LogP contribution in [0.5, 0.6) is 0 Å². The largest absolute Gasteiger partial charge is 0.325 e. The Kier molecular flexibility index (Phi) is 4.74. The van der Waals surface area contributed by atoms with Crippen molar-refractivity contribution in [2.75, 3.05) is 11.9 Å². The molecule has 1 fully saturated rings. The number of hydrogen-bond acceptors (Lipinski definition) is 4. The average Bonchev–Trinajstić information content (AvgIpc) is 2.89. The minimum atomic E-state index is -3.69. The fourth-order valence-electron chi connectivity index (χ4n) is 2.30. The van der Waals surface area contributed by atoms with E-state index in [0.29, 0.717) is 11.7 Å². The number of rotatable bonds is 5. The first-order chi connectivity index (χ1) is 9.45. The maximum atomic E-state index is 11.7. The van der Waals surface area contributed by atoms with E-state index in [1.807, 2.05) is 0 Å². The lowest BCUT2D eigenvalue weighted by molar-refractivity contribution is -0.115. The third-order valence-corrected chi connectivity index (χ3v) is 4.30. The van der Waals surface area contributed by atoms with Crippen molar-refractivity contribution in [1.29, 1.82) is 0 Å². The van der Waals surface area contributed by atoms with E-state index in [9.17, 15) is 13.2 Å². The van der Waals surface area contributed by atoms with E-state index in [2.05, 4.69) is 10.6 Å². The number of nitrogens with one attached hydrogen (secondary N) is 2. The predicted molar refractivity (Wildman–Crippen MR) is 76.7 cm³/mol. The number of hydrogen-bond donors (Lipinski definition) is 3. The summed E-state index contributed by atoms with van der Waals surface area (Å²) in [6, 6.07) is 6.22. The summed E-state index contributed by atoms with van der Waals surface area (Å²) in [5.74, 6) is -0.139. The molecule has 1 aromatic rings. The van der Waals surface area contributed by atoms with Crippen molar-refractivity contribution in [2.45, 2.75) is 36.6 Å². The maximum Gasteiger partial charge on any atom is 0.238 e. The van der Waals surface area contributed by atoms with Crippen LogP contribution in [0.3, 0.4) is 0 Å². The lowest BCUT2D eigenvalue weighted by atomic mass is 10.2. The second-order valence-corrected chi connectivity index (χ2v) is 6.54. The molecule has 0 bridgehead atoms. The summed E-state index contributed by atoms with van der Waals surface area (Å²) in [5, 5.41) is 10.9. The summed E-state index contributed by atoms with van der Waals surface area (Å²) in [4.78, 5) is 11.8. The Labute approximate surface area is 118 Å². The lowest BCUT2D eigenvalue weighted by Crippen LogP contribution is -2.34. The molecule has 110 valence electrons. The number of sulfonamides is 1. The van der Waals surface area contributed by atoms with E-state index in [-0.39, 0.29) is 17.3 Å². The third-order valence-electron chi connectivity index (χ3n) is 3.37. The number of carbonyl (C=O) groups is 1. The van der Waals surface area contributed by atoms with Gasteiger partial charge in [-0.15, -0.1) is 0 Å². The van der Waals surface area contributed by atoms with E-state index in [0.717, 1.165) is 12.8 Å². The molecule has 0 aromatic heterocycles. The molecule has 0 spiro atoms. The van der Waals surface area contributed by atoms with Crippen LogP contribution in [0.4, 0.5) is 5.69 Å². The summed E-state index contributed by atoms with van der Waals surface area (Å²) in [6.07, 6.45) is 4.68. The fraction of sp³-hybridized carbons (Fsp3) is 0.462. The third kappa shape index (κ3) is 4.29. The zero-order valence-corrected chi connectivity index (χ0v) is 11.9. The summed E-state index contributed by atoms with van der Waals surface area (Å²) >= 11 is 0. The zero-order chi connectivity index (χ0) is 14.6. The van der Waals surface area contributed by atoms with E-state index < -0.39 is 10.0 Å². The Bertz CT molecular complexity index is 563. The standard InChI is InChI=1S/C13H19N3O3S/c14-20(18,19)12-7-5-11(6-8-12)16-13(17)9-15-10-3-1-2-4-10/h5-8,10,15H,1-4,9H2,(H,16,17)(H2,14,18,19). The van der Waals surface area contributed by atoms with Gasteiger partial charge in [0.1, 0.15) is 0 Å². The van der Waals surface area contributed by atoms with Crippen molar-refractivity contribution >= 4 is 21.6 Å². The van der Waals surface area contributed by atoms with Crippen LogP contribution in [-0.2, 0) is 14.8 Å². The Morgan fingerprint density at radius 3 is 2.35 bits per heavy atom. The summed E-state index contributed by atoms with van der Waals surface area (Å²) < 4.78 is 22.2. The monoisotopic (exact) mass is 297 g/mol. The van der Waals surface area contributed by atoms with Crippen LogP contribution in [0.15, 0.2) is 29.2 Å². The molecule has 20 heavy (non-hydrogen) atoms. The van der Waals surface area contributed by atoms with Crippen LogP contribution >= 0.6 is 0 Å². The van der Waals surface area contributed by atoms with Gasteiger partial charge in [0.05, 0.1) is 11.4 Å². The van der Waals surface area contributed by atoms with Crippen LogP contribution in [-0.4, -0.2) is 26.9 Å². The molecule has 4 N–H and O–H groups in total.